The Labute approximate surface area is 140 Å². The molecule has 0 saturated carbocycles. The quantitative estimate of drug-likeness (QED) is 0.612. The summed E-state index contributed by atoms with van der Waals surface area (Å²) in [6.07, 6.45) is 3.68. The molecule has 0 spiro atoms. The van der Waals surface area contributed by atoms with Gasteiger partial charge in [0.25, 0.3) is 0 Å². The van der Waals surface area contributed by atoms with E-state index in [-0.39, 0.29) is 17.3 Å². The van der Waals surface area contributed by atoms with Gasteiger partial charge in [0.2, 0.25) is 11.6 Å². The first kappa shape index (κ1) is 16.1. The van der Waals surface area contributed by atoms with Gasteiger partial charge in [-0.1, -0.05) is 0 Å². The van der Waals surface area contributed by atoms with E-state index in [0.717, 1.165) is 0 Å². The van der Waals surface area contributed by atoms with Gasteiger partial charge in [0.1, 0.15) is 6.33 Å². The topological polar surface area (TPSA) is 134 Å². The third-order valence-corrected chi connectivity index (χ3v) is 4.48. The van der Waals surface area contributed by atoms with E-state index < -0.39 is 16.8 Å². The fourth-order valence-electron chi connectivity index (χ4n) is 2.59. The molecule has 0 aromatic carbocycles. The Kier molecular flexibility index (Phi) is 4.51. The Balaban J connectivity index is 1.88. The highest BCUT2D eigenvalue weighted by Gasteiger charge is 2.31. The lowest BCUT2D eigenvalue weighted by atomic mass is 9.97. The highest BCUT2D eigenvalue weighted by Crippen LogP contribution is 2.35. The summed E-state index contributed by atoms with van der Waals surface area (Å²) in [5.41, 5.74) is -0.235. The molecule has 126 valence electrons. The SMILES string of the molecule is O=C(O)C1CCN(c2ncnc(Nc3nccs3)c2[N+](=O)[O-])CC1. The van der Waals surface area contributed by atoms with Gasteiger partial charge in [0, 0.05) is 24.7 Å². The Hall–Kier alpha value is -2.82. The van der Waals surface area contributed by atoms with Crippen molar-refractivity contribution in [2.45, 2.75) is 12.8 Å². The second-order valence-electron chi connectivity index (χ2n) is 5.21. The molecule has 24 heavy (non-hydrogen) atoms. The van der Waals surface area contributed by atoms with E-state index in [1.807, 2.05) is 0 Å². The highest BCUT2D eigenvalue weighted by atomic mass is 32.1. The molecular weight excluding hydrogens is 336 g/mol. The predicted molar refractivity (Wildman–Crippen MR) is 86.7 cm³/mol. The number of nitrogens with one attached hydrogen (secondary N) is 1. The van der Waals surface area contributed by atoms with E-state index in [1.54, 1.807) is 16.5 Å². The molecule has 1 fully saturated rings. The number of carbonyl (C=O) groups is 1. The summed E-state index contributed by atoms with van der Waals surface area (Å²) in [4.78, 5) is 35.8. The van der Waals surface area contributed by atoms with Crippen molar-refractivity contribution in [1.29, 1.82) is 0 Å². The fraction of sp³-hybridized carbons (Fsp3) is 0.385. The number of hydrogen-bond donors (Lipinski definition) is 2. The first-order chi connectivity index (χ1) is 11.6. The minimum Gasteiger partial charge on any atom is -0.481 e. The van der Waals surface area contributed by atoms with Gasteiger partial charge in [-0.3, -0.25) is 14.9 Å². The summed E-state index contributed by atoms with van der Waals surface area (Å²) >= 11 is 1.30. The number of rotatable bonds is 5. The number of aliphatic carboxylic acids is 1. The number of hydrogen-bond acceptors (Lipinski definition) is 9. The van der Waals surface area contributed by atoms with E-state index in [9.17, 15) is 14.9 Å². The number of aromatic nitrogens is 3. The molecular formula is C13H14N6O4S. The molecule has 1 aliphatic heterocycles. The summed E-state index contributed by atoms with van der Waals surface area (Å²) in [6.45, 7) is 0.789. The summed E-state index contributed by atoms with van der Waals surface area (Å²) in [5, 5.41) is 25.7. The van der Waals surface area contributed by atoms with Crippen LogP contribution in [0.25, 0.3) is 0 Å². The monoisotopic (exact) mass is 350 g/mol. The fourth-order valence-corrected chi connectivity index (χ4v) is 3.11. The summed E-state index contributed by atoms with van der Waals surface area (Å²) in [5.74, 6) is -0.994. The standard InChI is InChI=1S/C13H14N6O4S/c20-12(21)8-1-4-18(5-2-8)11-9(19(22)23)10(15-7-16-11)17-13-14-3-6-24-13/h3,6-8H,1-2,4-5H2,(H,20,21)(H,14,15,16,17). The van der Waals surface area contributed by atoms with E-state index >= 15 is 0 Å². The van der Waals surface area contributed by atoms with Gasteiger partial charge in [-0.2, -0.15) is 0 Å². The first-order valence-corrected chi connectivity index (χ1v) is 8.08. The third-order valence-electron chi connectivity index (χ3n) is 3.79. The number of nitro groups is 1. The van der Waals surface area contributed by atoms with Crippen molar-refractivity contribution in [3.63, 3.8) is 0 Å². The number of anilines is 3. The second kappa shape index (κ2) is 6.74. The summed E-state index contributed by atoms with van der Waals surface area (Å²) in [6, 6.07) is 0. The van der Waals surface area contributed by atoms with Gasteiger partial charge in [0.05, 0.1) is 10.8 Å². The minimum atomic E-state index is -0.835. The number of thiazole rings is 1. The maximum atomic E-state index is 11.5. The zero-order chi connectivity index (χ0) is 17.1. The zero-order valence-corrected chi connectivity index (χ0v) is 13.3. The Morgan fingerprint density at radius 2 is 2.12 bits per heavy atom. The number of carboxylic acids is 1. The maximum Gasteiger partial charge on any atom is 0.353 e. The van der Waals surface area contributed by atoms with Gasteiger partial charge in [-0.15, -0.1) is 11.3 Å². The third kappa shape index (κ3) is 3.25. The van der Waals surface area contributed by atoms with Crippen LogP contribution in [0.1, 0.15) is 12.8 Å². The number of piperidine rings is 1. The molecule has 0 radical (unpaired) electrons. The summed E-state index contributed by atoms with van der Waals surface area (Å²) < 4.78 is 0. The van der Waals surface area contributed by atoms with Gasteiger partial charge in [-0.25, -0.2) is 15.0 Å². The van der Waals surface area contributed by atoms with Crippen LogP contribution in [0.3, 0.4) is 0 Å². The van der Waals surface area contributed by atoms with Crippen LogP contribution in [0, 0.1) is 16.0 Å². The van der Waals surface area contributed by atoms with Crippen LogP contribution in [0.4, 0.5) is 22.5 Å². The van der Waals surface area contributed by atoms with Crippen molar-refractivity contribution in [2.75, 3.05) is 23.3 Å². The van der Waals surface area contributed by atoms with Crippen LogP contribution in [0.15, 0.2) is 17.9 Å². The van der Waals surface area contributed by atoms with Crippen LogP contribution >= 0.6 is 11.3 Å². The van der Waals surface area contributed by atoms with Gasteiger partial charge in [-0.05, 0) is 12.8 Å². The number of carboxylic acid groups (broad SMARTS) is 1. The number of nitrogens with zero attached hydrogens (tertiary/aromatic N) is 5. The van der Waals surface area contributed by atoms with Crippen molar-refractivity contribution in [3.8, 4) is 0 Å². The normalized spacial score (nSPS) is 15.2. The van der Waals surface area contributed by atoms with Crippen LogP contribution in [0.2, 0.25) is 0 Å². The smallest absolute Gasteiger partial charge is 0.353 e. The average molecular weight is 350 g/mol. The van der Waals surface area contributed by atoms with Crippen molar-refractivity contribution in [1.82, 2.24) is 15.0 Å². The highest BCUT2D eigenvalue weighted by molar-refractivity contribution is 7.13. The van der Waals surface area contributed by atoms with E-state index in [4.69, 9.17) is 5.11 Å². The summed E-state index contributed by atoms with van der Waals surface area (Å²) in [7, 11) is 0. The lowest BCUT2D eigenvalue weighted by molar-refractivity contribution is -0.383. The average Bonchev–Trinajstić information content (AvgIpc) is 3.07. The minimum absolute atomic E-state index is 0.0697. The largest absolute Gasteiger partial charge is 0.481 e. The first-order valence-electron chi connectivity index (χ1n) is 7.20. The van der Waals surface area contributed by atoms with Crippen LogP contribution in [0.5, 0.6) is 0 Å². The molecule has 10 nitrogen and oxygen atoms in total. The zero-order valence-electron chi connectivity index (χ0n) is 12.5. The molecule has 0 atom stereocenters. The Morgan fingerprint density at radius 1 is 1.38 bits per heavy atom. The maximum absolute atomic E-state index is 11.5. The van der Waals surface area contributed by atoms with Crippen LogP contribution in [-0.4, -0.2) is 44.0 Å². The van der Waals surface area contributed by atoms with Crippen molar-refractivity contribution in [2.24, 2.45) is 5.92 Å². The molecule has 0 bridgehead atoms. The Morgan fingerprint density at radius 3 is 2.71 bits per heavy atom. The lowest BCUT2D eigenvalue weighted by Gasteiger charge is -2.30. The van der Waals surface area contributed by atoms with Crippen molar-refractivity contribution >= 4 is 39.8 Å². The van der Waals surface area contributed by atoms with Gasteiger partial charge >= 0.3 is 11.7 Å². The molecule has 0 amide bonds. The molecule has 3 heterocycles. The molecule has 0 unspecified atom stereocenters. The molecule has 1 aliphatic rings. The van der Waals surface area contributed by atoms with Crippen molar-refractivity contribution in [3.05, 3.63) is 28.0 Å². The van der Waals surface area contributed by atoms with Gasteiger partial charge in [0.15, 0.2) is 5.13 Å². The molecule has 0 aliphatic carbocycles. The molecule has 2 N–H and O–H groups in total. The van der Waals surface area contributed by atoms with Crippen molar-refractivity contribution < 1.29 is 14.8 Å². The van der Waals surface area contributed by atoms with E-state index in [2.05, 4.69) is 20.3 Å². The molecule has 3 rings (SSSR count). The Bertz CT molecular complexity index is 745. The van der Waals surface area contributed by atoms with E-state index in [1.165, 1.54) is 17.7 Å². The second-order valence-corrected chi connectivity index (χ2v) is 6.11. The molecule has 2 aromatic heterocycles. The van der Waals surface area contributed by atoms with Gasteiger partial charge < -0.3 is 15.3 Å². The lowest BCUT2D eigenvalue weighted by Crippen LogP contribution is -2.37. The predicted octanol–water partition coefficient (Wildman–Crippen LogP) is 1.89. The molecule has 2 aromatic rings. The van der Waals surface area contributed by atoms with Crippen LogP contribution in [-0.2, 0) is 4.79 Å². The van der Waals surface area contributed by atoms with Crippen LogP contribution < -0.4 is 10.2 Å². The van der Waals surface area contributed by atoms with E-state index in [0.29, 0.717) is 31.1 Å². The molecule has 11 heteroatoms. The molecule has 1 saturated heterocycles.